The number of hydrogen-bond acceptors (Lipinski definition) is 1. The van der Waals surface area contributed by atoms with Gasteiger partial charge in [-0.15, -0.1) is 0 Å². The zero-order valence-corrected chi connectivity index (χ0v) is 10.2. The molecule has 0 amide bonds. The molecule has 6 heteroatoms. The maximum atomic E-state index is 12.6. The van der Waals surface area contributed by atoms with Crippen LogP contribution in [0.25, 0.3) is 0 Å². The summed E-state index contributed by atoms with van der Waals surface area (Å²) < 4.78 is 38.6. The van der Waals surface area contributed by atoms with Gasteiger partial charge in [-0.25, -0.2) is 0 Å². The molecule has 0 N–H and O–H groups in total. The van der Waals surface area contributed by atoms with Gasteiger partial charge >= 0.3 is 6.18 Å². The number of pyridine rings is 1. The topological polar surface area (TPSA) is 22.0 Å². The molecule has 0 radical (unpaired) electrons. The van der Waals surface area contributed by atoms with E-state index in [1.54, 1.807) is 6.92 Å². The molecule has 16 heavy (non-hydrogen) atoms. The standard InChI is InChI=1S/C10H11BrF3NO/c1-7(5-11)6-15-8(10(12,13)14)3-2-4-9(15)16/h2-4,7H,5-6H2,1H3. The number of nitrogens with zero attached hydrogens (tertiary/aromatic N) is 1. The van der Waals surface area contributed by atoms with Crippen molar-refractivity contribution in [3.05, 3.63) is 34.2 Å². The van der Waals surface area contributed by atoms with Crippen molar-refractivity contribution in [2.24, 2.45) is 5.92 Å². The van der Waals surface area contributed by atoms with Crippen LogP contribution >= 0.6 is 15.9 Å². The zero-order valence-electron chi connectivity index (χ0n) is 8.59. The van der Waals surface area contributed by atoms with Crippen LogP contribution in [-0.4, -0.2) is 9.90 Å². The maximum absolute atomic E-state index is 12.6. The fourth-order valence-electron chi connectivity index (χ4n) is 1.32. The Balaban J connectivity index is 3.20. The van der Waals surface area contributed by atoms with Crippen LogP contribution in [0, 0.1) is 5.92 Å². The molecule has 1 atom stereocenters. The molecular formula is C10H11BrF3NO. The minimum Gasteiger partial charge on any atom is -0.304 e. The van der Waals surface area contributed by atoms with Gasteiger partial charge in [0.25, 0.3) is 5.56 Å². The maximum Gasteiger partial charge on any atom is 0.431 e. The molecule has 0 saturated carbocycles. The fourth-order valence-corrected chi connectivity index (χ4v) is 1.52. The van der Waals surface area contributed by atoms with E-state index in [4.69, 9.17) is 0 Å². The van der Waals surface area contributed by atoms with Crippen molar-refractivity contribution in [1.82, 2.24) is 4.57 Å². The van der Waals surface area contributed by atoms with Gasteiger partial charge in [0.1, 0.15) is 5.69 Å². The predicted octanol–water partition coefficient (Wildman–Crippen LogP) is 2.90. The third-order valence-corrected chi connectivity index (χ3v) is 3.20. The van der Waals surface area contributed by atoms with Crippen LogP contribution in [0.5, 0.6) is 0 Å². The highest BCUT2D eigenvalue weighted by Crippen LogP contribution is 2.28. The summed E-state index contributed by atoms with van der Waals surface area (Å²) in [4.78, 5) is 11.4. The summed E-state index contributed by atoms with van der Waals surface area (Å²) in [7, 11) is 0. The number of rotatable bonds is 3. The van der Waals surface area contributed by atoms with E-state index < -0.39 is 17.4 Å². The summed E-state index contributed by atoms with van der Waals surface area (Å²) in [5.41, 5.74) is -1.52. The highest BCUT2D eigenvalue weighted by atomic mass is 79.9. The van der Waals surface area contributed by atoms with Crippen LogP contribution in [0.4, 0.5) is 13.2 Å². The summed E-state index contributed by atoms with van der Waals surface area (Å²) in [6.07, 6.45) is -4.49. The molecule has 0 bridgehead atoms. The van der Waals surface area contributed by atoms with Crippen LogP contribution in [0.15, 0.2) is 23.0 Å². The summed E-state index contributed by atoms with van der Waals surface area (Å²) in [5, 5.41) is 0.547. The van der Waals surface area contributed by atoms with E-state index >= 15 is 0 Å². The second-order valence-electron chi connectivity index (χ2n) is 3.62. The molecule has 0 fully saturated rings. The molecule has 90 valence electrons. The third kappa shape index (κ3) is 3.10. The summed E-state index contributed by atoms with van der Waals surface area (Å²) in [6, 6.07) is 3.18. The lowest BCUT2D eigenvalue weighted by molar-refractivity contribution is -0.144. The largest absolute Gasteiger partial charge is 0.431 e. The Bertz CT molecular complexity index is 413. The van der Waals surface area contributed by atoms with Gasteiger partial charge in [0.15, 0.2) is 0 Å². The lowest BCUT2D eigenvalue weighted by atomic mass is 10.2. The van der Waals surface area contributed by atoms with E-state index in [0.29, 0.717) is 5.33 Å². The smallest absolute Gasteiger partial charge is 0.304 e. The zero-order chi connectivity index (χ0) is 12.3. The molecule has 0 saturated heterocycles. The van der Waals surface area contributed by atoms with Gasteiger partial charge in [-0.2, -0.15) is 13.2 Å². The van der Waals surface area contributed by atoms with Gasteiger partial charge in [-0.1, -0.05) is 28.9 Å². The van der Waals surface area contributed by atoms with Crippen molar-refractivity contribution in [2.45, 2.75) is 19.6 Å². The Labute approximate surface area is 99.2 Å². The van der Waals surface area contributed by atoms with Crippen LogP contribution in [0.2, 0.25) is 0 Å². The second kappa shape index (κ2) is 5.03. The SMILES string of the molecule is CC(CBr)Cn1c(C(F)(F)F)cccc1=O. The van der Waals surface area contributed by atoms with E-state index in [2.05, 4.69) is 15.9 Å². The van der Waals surface area contributed by atoms with Crippen molar-refractivity contribution in [3.63, 3.8) is 0 Å². The molecular weight excluding hydrogens is 287 g/mol. The molecule has 1 aromatic rings. The van der Waals surface area contributed by atoms with Gasteiger partial charge in [-0.05, 0) is 12.0 Å². The minimum atomic E-state index is -4.49. The van der Waals surface area contributed by atoms with E-state index in [-0.39, 0.29) is 12.5 Å². The Morgan fingerprint density at radius 2 is 2.06 bits per heavy atom. The van der Waals surface area contributed by atoms with E-state index in [9.17, 15) is 18.0 Å². The molecule has 0 aliphatic heterocycles. The summed E-state index contributed by atoms with van der Waals surface area (Å²) in [5.74, 6) is -0.0406. The molecule has 1 rings (SSSR count). The second-order valence-corrected chi connectivity index (χ2v) is 4.26. The Kier molecular flexibility index (Phi) is 4.18. The predicted molar refractivity (Wildman–Crippen MR) is 58.7 cm³/mol. The molecule has 0 spiro atoms. The molecule has 0 aromatic carbocycles. The van der Waals surface area contributed by atoms with E-state index in [1.807, 2.05) is 0 Å². The number of halogens is 4. The average Bonchev–Trinajstić information content (AvgIpc) is 2.19. The first-order valence-electron chi connectivity index (χ1n) is 4.69. The average molecular weight is 298 g/mol. The van der Waals surface area contributed by atoms with Crippen molar-refractivity contribution < 1.29 is 13.2 Å². The molecule has 1 aromatic heterocycles. The minimum absolute atomic E-state index is 0.0406. The van der Waals surface area contributed by atoms with Crippen molar-refractivity contribution in [2.75, 3.05) is 5.33 Å². The first-order valence-corrected chi connectivity index (χ1v) is 5.81. The molecule has 0 aliphatic rings. The van der Waals surface area contributed by atoms with Crippen molar-refractivity contribution >= 4 is 15.9 Å². The van der Waals surface area contributed by atoms with Crippen molar-refractivity contribution in [3.8, 4) is 0 Å². The molecule has 1 unspecified atom stereocenters. The number of hydrogen-bond donors (Lipinski definition) is 0. The summed E-state index contributed by atoms with van der Waals surface area (Å²) in [6.45, 7) is 1.83. The summed E-state index contributed by atoms with van der Waals surface area (Å²) >= 11 is 3.18. The highest BCUT2D eigenvalue weighted by Gasteiger charge is 2.34. The molecule has 0 aliphatic carbocycles. The van der Waals surface area contributed by atoms with Gasteiger partial charge in [-0.3, -0.25) is 4.79 Å². The quantitative estimate of drug-likeness (QED) is 0.786. The normalized spacial score (nSPS) is 13.8. The van der Waals surface area contributed by atoms with Gasteiger partial charge in [0.2, 0.25) is 0 Å². The van der Waals surface area contributed by atoms with Crippen molar-refractivity contribution in [1.29, 1.82) is 0 Å². The molecule has 1 heterocycles. The lowest BCUT2D eigenvalue weighted by Gasteiger charge is -2.17. The van der Waals surface area contributed by atoms with Gasteiger partial charge < -0.3 is 4.57 Å². The van der Waals surface area contributed by atoms with Gasteiger partial charge in [0, 0.05) is 17.9 Å². The van der Waals surface area contributed by atoms with Crippen LogP contribution in [0.1, 0.15) is 12.6 Å². The van der Waals surface area contributed by atoms with Gasteiger partial charge in [0.05, 0.1) is 0 Å². The molecule has 2 nitrogen and oxygen atoms in total. The Morgan fingerprint density at radius 1 is 1.44 bits per heavy atom. The monoisotopic (exact) mass is 297 g/mol. The number of aromatic nitrogens is 1. The highest BCUT2D eigenvalue weighted by molar-refractivity contribution is 9.09. The Morgan fingerprint density at radius 3 is 2.56 bits per heavy atom. The van der Waals surface area contributed by atoms with Crippen LogP contribution < -0.4 is 5.56 Å². The van der Waals surface area contributed by atoms with Crippen LogP contribution in [-0.2, 0) is 12.7 Å². The van der Waals surface area contributed by atoms with E-state index in [0.717, 1.165) is 22.8 Å². The fraction of sp³-hybridized carbons (Fsp3) is 0.500. The number of alkyl halides is 4. The first kappa shape index (κ1) is 13.3. The van der Waals surface area contributed by atoms with Crippen LogP contribution in [0.3, 0.4) is 0 Å². The Hall–Kier alpha value is -0.780. The third-order valence-electron chi connectivity index (χ3n) is 2.10. The first-order chi connectivity index (χ1) is 7.36. The lowest BCUT2D eigenvalue weighted by Crippen LogP contribution is -2.29. The van der Waals surface area contributed by atoms with E-state index in [1.165, 1.54) is 0 Å².